The summed E-state index contributed by atoms with van der Waals surface area (Å²) >= 11 is 18.7. The first kappa shape index (κ1) is 22.7. The fourth-order valence-corrected chi connectivity index (χ4v) is 4.19. The molecule has 0 atom stereocenters. The van der Waals surface area contributed by atoms with Crippen LogP contribution in [0.2, 0.25) is 10.0 Å². The molecule has 0 spiro atoms. The second kappa shape index (κ2) is 10.4. The Hall–Kier alpha value is -1.93. The molecule has 0 bridgehead atoms. The molecular weight excluding hydrogens is 465 g/mol. The van der Waals surface area contributed by atoms with E-state index >= 15 is 0 Å². The van der Waals surface area contributed by atoms with E-state index < -0.39 is 0 Å². The highest BCUT2D eigenvalue weighted by Gasteiger charge is 2.28. The average molecular weight is 484 g/mol. The van der Waals surface area contributed by atoms with Gasteiger partial charge in [-0.05, 0) is 48.0 Å². The van der Waals surface area contributed by atoms with Gasteiger partial charge in [0.2, 0.25) is 0 Å². The number of likely N-dealkylation sites (N-methyl/N-ethyl adjacent to an activating group) is 1. The summed E-state index contributed by atoms with van der Waals surface area (Å²) in [7, 11) is 3.19. The van der Waals surface area contributed by atoms with Crippen LogP contribution in [0.15, 0.2) is 41.3 Å². The molecule has 3 rings (SSSR count). The third-order valence-corrected chi connectivity index (χ3v) is 6.17. The number of carbonyl (C=O) groups is 1. The predicted molar refractivity (Wildman–Crippen MR) is 126 cm³/mol. The van der Waals surface area contributed by atoms with Crippen LogP contribution < -0.4 is 14.2 Å². The SMILES string of the molecule is COc1cc(/C=C2\SC(=S)N(C)C2=O)cc(Cl)c1OCCCOc1ccc(Cl)cc1. The van der Waals surface area contributed by atoms with Crippen LogP contribution in [0.25, 0.3) is 6.08 Å². The lowest BCUT2D eigenvalue weighted by molar-refractivity contribution is -0.121. The topological polar surface area (TPSA) is 48.0 Å². The number of rotatable bonds is 8. The molecule has 2 aromatic carbocycles. The molecule has 0 aliphatic carbocycles. The van der Waals surface area contributed by atoms with E-state index in [1.165, 1.54) is 23.8 Å². The zero-order chi connectivity index (χ0) is 21.7. The number of hydrogen-bond acceptors (Lipinski definition) is 6. The van der Waals surface area contributed by atoms with E-state index in [0.717, 1.165) is 11.3 Å². The van der Waals surface area contributed by atoms with Gasteiger partial charge in [0.15, 0.2) is 11.5 Å². The number of halogens is 2. The molecule has 1 aliphatic rings. The zero-order valence-electron chi connectivity index (χ0n) is 16.3. The Labute approximate surface area is 194 Å². The van der Waals surface area contributed by atoms with E-state index in [4.69, 9.17) is 49.6 Å². The van der Waals surface area contributed by atoms with E-state index in [-0.39, 0.29) is 5.91 Å². The Bertz CT molecular complexity index is 980. The molecule has 1 fully saturated rings. The van der Waals surface area contributed by atoms with Gasteiger partial charge in [-0.25, -0.2) is 0 Å². The molecule has 2 aromatic rings. The Kier molecular flexibility index (Phi) is 7.88. The molecule has 0 aromatic heterocycles. The third-order valence-electron chi connectivity index (χ3n) is 4.15. The maximum atomic E-state index is 12.2. The summed E-state index contributed by atoms with van der Waals surface area (Å²) in [5.74, 6) is 1.54. The highest BCUT2D eigenvalue weighted by molar-refractivity contribution is 8.26. The number of thiocarbonyl (C=S) groups is 1. The Morgan fingerprint density at radius 1 is 1.13 bits per heavy atom. The van der Waals surface area contributed by atoms with E-state index in [9.17, 15) is 4.79 Å². The van der Waals surface area contributed by atoms with Crippen molar-refractivity contribution in [1.29, 1.82) is 0 Å². The van der Waals surface area contributed by atoms with E-state index in [2.05, 4.69) is 0 Å². The van der Waals surface area contributed by atoms with Crippen molar-refractivity contribution in [3.63, 3.8) is 0 Å². The van der Waals surface area contributed by atoms with Crippen molar-refractivity contribution in [3.8, 4) is 17.2 Å². The standard InChI is InChI=1S/C21H19Cl2NO4S2/c1-24-20(25)18(30-21(24)29)12-13-10-16(23)19(17(11-13)26-2)28-9-3-8-27-15-6-4-14(22)5-7-15/h4-7,10-12H,3,8-9H2,1-2H3/b18-12-. The summed E-state index contributed by atoms with van der Waals surface area (Å²) in [5, 5.41) is 1.06. The van der Waals surface area contributed by atoms with Crippen molar-refractivity contribution in [2.45, 2.75) is 6.42 Å². The smallest absolute Gasteiger partial charge is 0.265 e. The molecule has 1 amide bonds. The Morgan fingerprint density at radius 2 is 1.83 bits per heavy atom. The van der Waals surface area contributed by atoms with Gasteiger partial charge < -0.3 is 14.2 Å². The number of carbonyl (C=O) groups excluding carboxylic acids is 1. The lowest BCUT2D eigenvalue weighted by atomic mass is 10.2. The first-order chi connectivity index (χ1) is 14.4. The molecular formula is C21H19Cl2NO4S2. The minimum atomic E-state index is -0.138. The Morgan fingerprint density at radius 3 is 2.47 bits per heavy atom. The minimum Gasteiger partial charge on any atom is -0.493 e. The number of thioether (sulfide) groups is 1. The van der Waals surface area contributed by atoms with Gasteiger partial charge >= 0.3 is 0 Å². The first-order valence-corrected chi connectivity index (χ1v) is 11.0. The summed E-state index contributed by atoms with van der Waals surface area (Å²) in [6.45, 7) is 0.885. The van der Waals surface area contributed by atoms with E-state index in [1.54, 1.807) is 37.4 Å². The lowest BCUT2D eigenvalue weighted by Gasteiger charge is -2.14. The van der Waals surface area contributed by atoms with Crippen LogP contribution in [-0.2, 0) is 4.79 Å². The highest BCUT2D eigenvalue weighted by atomic mass is 35.5. The number of ether oxygens (including phenoxy) is 3. The quantitative estimate of drug-likeness (QED) is 0.273. The maximum Gasteiger partial charge on any atom is 0.265 e. The molecule has 9 heteroatoms. The summed E-state index contributed by atoms with van der Waals surface area (Å²) in [6.07, 6.45) is 2.39. The van der Waals surface area contributed by atoms with Gasteiger partial charge in [-0.3, -0.25) is 9.69 Å². The number of methoxy groups -OCH3 is 1. The minimum absolute atomic E-state index is 0.138. The second-order valence-corrected chi connectivity index (χ2v) is 8.80. The van der Waals surface area contributed by atoms with Crippen LogP contribution in [-0.4, -0.2) is 42.5 Å². The molecule has 1 heterocycles. The number of benzene rings is 2. The van der Waals surface area contributed by atoms with Crippen molar-refractivity contribution in [2.75, 3.05) is 27.4 Å². The van der Waals surface area contributed by atoms with Gasteiger partial charge in [0.05, 0.1) is 30.3 Å². The fourth-order valence-electron chi connectivity index (χ4n) is 2.61. The van der Waals surface area contributed by atoms with Crippen LogP contribution in [0.3, 0.4) is 0 Å². The van der Waals surface area contributed by atoms with Crippen molar-refractivity contribution in [3.05, 3.63) is 56.9 Å². The molecule has 0 N–H and O–H groups in total. The van der Waals surface area contributed by atoms with Gasteiger partial charge in [-0.1, -0.05) is 47.2 Å². The van der Waals surface area contributed by atoms with Gasteiger partial charge in [0.25, 0.3) is 5.91 Å². The summed E-state index contributed by atoms with van der Waals surface area (Å²) in [4.78, 5) is 14.2. The molecule has 30 heavy (non-hydrogen) atoms. The van der Waals surface area contributed by atoms with Crippen LogP contribution in [0, 0.1) is 0 Å². The van der Waals surface area contributed by atoms with Crippen LogP contribution in [0.4, 0.5) is 0 Å². The normalized spacial score (nSPS) is 15.1. The largest absolute Gasteiger partial charge is 0.493 e. The molecule has 0 saturated carbocycles. The van der Waals surface area contributed by atoms with Crippen molar-refractivity contribution < 1.29 is 19.0 Å². The second-order valence-electron chi connectivity index (χ2n) is 6.28. The highest BCUT2D eigenvalue weighted by Crippen LogP contribution is 2.38. The molecule has 0 radical (unpaired) electrons. The summed E-state index contributed by atoms with van der Waals surface area (Å²) < 4.78 is 17.4. The molecule has 158 valence electrons. The van der Waals surface area contributed by atoms with Crippen LogP contribution >= 0.6 is 47.2 Å². The third kappa shape index (κ3) is 5.60. The first-order valence-electron chi connectivity index (χ1n) is 8.99. The van der Waals surface area contributed by atoms with Crippen LogP contribution in [0.1, 0.15) is 12.0 Å². The monoisotopic (exact) mass is 483 g/mol. The number of hydrogen-bond donors (Lipinski definition) is 0. The predicted octanol–water partition coefficient (Wildman–Crippen LogP) is 5.68. The van der Waals surface area contributed by atoms with Gasteiger partial charge in [-0.2, -0.15) is 0 Å². The number of amides is 1. The maximum absolute atomic E-state index is 12.2. The number of nitrogens with zero attached hydrogens (tertiary/aromatic N) is 1. The Balaban J connectivity index is 1.61. The van der Waals surface area contributed by atoms with Crippen molar-refractivity contribution >= 4 is 63.5 Å². The van der Waals surface area contributed by atoms with Gasteiger partial charge in [0, 0.05) is 18.5 Å². The summed E-state index contributed by atoms with van der Waals surface area (Å²) in [6, 6.07) is 10.7. The van der Waals surface area contributed by atoms with Gasteiger partial charge in [-0.15, -0.1) is 0 Å². The molecule has 1 saturated heterocycles. The lowest BCUT2D eigenvalue weighted by Crippen LogP contribution is -2.22. The molecule has 5 nitrogen and oxygen atoms in total. The van der Waals surface area contributed by atoms with Crippen molar-refractivity contribution in [2.24, 2.45) is 0 Å². The molecule has 0 unspecified atom stereocenters. The van der Waals surface area contributed by atoms with E-state index in [0.29, 0.717) is 50.4 Å². The average Bonchev–Trinajstić information content (AvgIpc) is 2.96. The fraction of sp³-hybridized carbons (Fsp3) is 0.238. The van der Waals surface area contributed by atoms with Crippen molar-refractivity contribution in [1.82, 2.24) is 4.90 Å². The summed E-state index contributed by atoms with van der Waals surface area (Å²) in [5.41, 5.74) is 0.726. The van der Waals surface area contributed by atoms with Crippen LogP contribution in [0.5, 0.6) is 17.2 Å². The molecule has 1 aliphatic heterocycles. The van der Waals surface area contributed by atoms with E-state index in [1.807, 2.05) is 12.1 Å². The van der Waals surface area contributed by atoms with Gasteiger partial charge in [0.1, 0.15) is 10.1 Å². The zero-order valence-corrected chi connectivity index (χ0v) is 19.5.